The first-order valence-electron chi connectivity index (χ1n) is 15.2. The number of nitrogens with zero attached hydrogens (tertiary/aromatic N) is 3. The molecule has 0 radical (unpaired) electrons. The number of ketones is 1. The highest BCUT2D eigenvalue weighted by Crippen LogP contribution is 2.65. The number of alkyl halides is 3. The lowest BCUT2D eigenvalue weighted by Gasteiger charge is -2.59. The lowest BCUT2D eigenvalue weighted by atomic mass is 9.45. The van der Waals surface area contributed by atoms with Crippen LogP contribution in [-0.4, -0.2) is 36.2 Å². The maximum Gasteiger partial charge on any atom is 0.442 e. The third kappa shape index (κ3) is 5.24. The highest BCUT2D eigenvalue weighted by molar-refractivity contribution is 5.95. The van der Waals surface area contributed by atoms with E-state index >= 15 is 0 Å². The van der Waals surface area contributed by atoms with Crippen LogP contribution in [0.4, 0.5) is 18.0 Å². The van der Waals surface area contributed by atoms with Gasteiger partial charge in [0.25, 0.3) is 5.91 Å². The molecule has 43 heavy (non-hydrogen) atoms. The van der Waals surface area contributed by atoms with Crippen molar-refractivity contribution in [3.05, 3.63) is 35.4 Å². The molecule has 6 atom stereocenters. The first-order valence-corrected chi connectivity index (χ1v) is 15.2. The summed E-state index contributed by atoms with van der Waals surface area (Å²) in [6, 6.07) is 4.67. The molecule has 12 heteroatoms. The molecular formula is C31H38F3N5O4. The Balaban J connectivity index is 0.940. The van der Waals surface area contributed by atoms with E-state index in [1.807, 2.05) is 0 Å². The molecule has 0 saturated heterocycles. The number of imide groups is 1. The number of halogens is 3. The smallest absolute Gasteiger partial charge is 0.386 e. The van der Waals surface area contributed by atoms with Crippen LogP contribution < -0.4 is 10.6 Å². The Morgan fingerprint density at radius 3 is 2.47 bits per heavy atom. The second-order valence-corrected chi connectivity index (χ2v) is 13.5. The largest absolute Gasteiger partial charge is 0.442 e. The zero-order valence-electron chi connectivity index (χ0n) is 24.5. The lowest BCUT2D eigenvalue weighted by Crippen LogP contribution is -2.53. The summed E-state index contributed by atoms with van der Waals surface area (Å²) < 4.78 is 39.4. The first kappa shape index (κ1) is 29.7. The van der Waals surface area contributed by atoms with E-state index in [0.717, 1.165) is 63.5 Å². The number of rotatable bonds is 6. The van der Waals surface area contributed by atoms with E-state index in [-0.39, 0.29) is 22.9 Å². The molecule has 0 aromatic heterocycles. The summed E-state index contributed by atoms with van der Waals surface area (Å²) in [6.07, 6.45) is 4.27. The van der Waals surface area contributed by atoms with Crippen LogP contribution in [-0.2, 0) is 26.6 Å². The minimum absolute atomic E-state index is 0.00809. The van der Waals surface area contributed by atoms with Crippen molar-refractivity contribution in [2.24, 2.45) is 49.9 Å². The van der Waals surface area contributed by atoms with E-state index in [4.69, 9.17) is 4.84 Å². The number of benzene rings is 1. The van der Waals surface area contributed by atoms with E-state index in [1.165, 1.54) is 24.3 Å². The third-order valence-corrected chi connectivity index (χ3v) is 11.4. The van der Waals surface area contributed by atoms with E-state index < -0.39 is 30.4 Å². The number of amides is 3. The minimum Gasteiger partial charge on any atom is -0.386 e. The monoisotopic (exact) mass is 601 g/mol. The highest BCUT2D eigenvalue weighted by Gasteiger charge is 2.65. The summed E-state index contributed by atoms with van der Waals surface area (Å²) in [5, 5.41) is 15.3. The molecule has 4 aliphatic carbocycles. The van der Waals surface area contributed by atoms with Crippen molar-refractivity contribution in [3.63, 3.8) is 0 Å². The van der Waals surface area contributed by atoms with E-state index in [1.54, 1.807) is 0 Å². The number of fused-ring (bicyclic) bond motifs is 5. The number of carbonyl (C=O) groups is 3. The predicted molar refractivity (Wildman–Crippen MR) is 150 cm³/mol. The van der Waals surface area contributed by atoms with Gasteiger partial charge in [-0.1, -0.05) is 43.3 Å². The fourth-order valence-electron chi connectivity index (χ4n) is 8.78. The van der Waals surface area contributed by atoms with Gasteiger partial charge in [-0.25, -0.2) is 4.79 Å². The fraction of sp³-hybridized carbons (Fsp3) is 0.677. The molecule has 0 unspecified atom stereocenters. The van der Waals surface area contributed by atoms with Crippen LogP contribution in [0.15, 0.2) is 39.6 Å². The lowest BCUT2D eigenvalue weighted by molar-refractivity contribution is -0.166. The Kier molecular flexibility index (Phi) is 7.40. The Labute approximate surface area is 248 Å². The van der Waals surface area contributed by atoms with Crippen LogP contribution in [0.1, 0.15) is 82.8 Å². The summed E-state index contributed by atoms with van der Waals surface area (Å²) in [5.74, 6) is 2.12. The van der Waals surface area contributed by atoms with Crippen LogP contribution in [0, 0.1) is 34.5 Å². The summed E-state index contributed by atoms with van der Waals surface area (Å²) in [5.41, 5.74) is -0.983. The van der Waals surface area contributed by atoms with E-state index in [0.29, 0.717) is 35.0 Å². The molecule has 9 nitrogen and oxygen atoms in total. The van der Waals surface area contributed by atoms with Gasteiger partial charge in [0, 0.05) is 23.9 Å². The minimum atomic E-state index is -4.60. The molecule has 4 fully saturated rings. The van der Waals surface area contributed by atoms with Crippen molar-refractivity contribution in [1.82, 2.24) is 10.6 Å². The van der Waals surface area contributed by atoms with Gasteiger partial charge in [-0.2, -0.15) is 13.2 Å². The van der Waals surface area contributed by atoms with Gasteiger partial charge in [0.2, 0.25) is 0 Å². The molecule has 0 spiro atoms. The van der Waals surface area contributed by atoms with Crippen molar-refractivity contribution in [2.45, 2.75) is 90.0 Å². The second-order valence-electron chi connectivity index (χ2n) is 13.5. The van der Waals surface area contributed by atoms with Crippen LogP contribution in [0.5, 0.6) is 0 Å². The molecule has 6 rings (SSSR count). The zero-order chi connectivity index (χ0) is 30.6. The number of urea groups is 1. The maximum absolute atomic E-state index is 13.1. The molecule has 5 aliphatic rings. The van der Waals surface area contributed by atoms with Crippen LogP contribution in [0.25, 0.3) is 0 Å². The van der Waals surface area contributed by atoms with Gasteiger partial charge in [-0.15, -0.1) is 10.2 Å². The van der Waals surface area contributed by atoms with Gasteiger partial charge in [0.1, 0.15) is 5.78 Å². The van der Waals surface area contributed by atoms with Crippen molar-refractivity contribution >= 4 is 23.4 Å². The summed E-state index contributed by atoms with van der Waals surface area (Å²) in [6.45, 7) is 4.25. The summed E-state index contributed by atoms with van der Waals surface area (Å²) in [7, 11) is 0. The van der Waals surface area contributed by atoms with Gasteiger partial charge in [-0.3, -0.25) is 14.9 Å². The molecule has 3 amide bonds. The van der Waals surface area contributed by atoms with Gasteiger partial charge in [-0.05, 0) is 86.0 Å². The zero-order valence-corrected chi connectivity index (χ0v) is 24.5. The molecule has 232 valence electrons. The Hall–Kier alpha value is -3.31. The number of hydrogen-bond acceptors (Lipinski definition) is 7. The van der Waals surface area contributed by atoms with Gasteiger partial charge in [0.15, 0.2) is 6.61 Å². The number of Topliss-reactive ketones (excluding diaryl/α,β-unsaturated/α-hetero) is 1. The molecule has 1 aliphatic heterocycles. The summed E-state index contributed by atoms with van der Waals surface area (Å²) >= 11 is 0. The highest BCUT2D eigenvalue weighted by atomic mass is 19.4. The Morgan fingerprint density at radius 1 is 1.02 bits per heavy atom. The van der Waals surface area contributed by atoms with Crippen LogP contribution in [0.3, 0.4) is 0 Å². The molecular weight excluding hydrogens is 563 g/mol. The Morgan fingerprint density at radius 2 is 1.77 bits per heavy atom. The topological polar surface area (TPSA) is 122 Å². The second kappa shape index (κ2) is 10.7. The molecule has 1 aromatic rings. The van der Waals surface area contributed by atoms with Crippen LogP contribution in [0.2, 0.25) is 0 Å². The van der Waals surface area contributed by atoms with Gasteiger partial charge in [0.05, 0.1) is 5.71 Å². The molecule has 2 N–H and O–H groups in total. The quantitative estimate of drug-likeness (QED) is 0.378. The SMILES string of the molecule is C[C@]12CC/C(=N\OCC(=O)NC(=O)NCc3ccc(C4(C(F)(F)F)N=N4)cc3)C[C@@H]1CC[C@@H]1[C@@H]2CC[C@]2(C)C(=O)CC[C@@H]12. The fourth-order valence-corrected chi connectivity index (χ4v) is 8.78. The maximum atomic E-state index is 13.1. The average Bonchev–Trinajstić information content (AvgIpc) is 3.73. The van der Waals surface area contributed by atoms with Crippen molar-refractivity contribution < 1.29 is 32.4 Å². The summed E-state index contributed by atoms with van der Waals surface area (Å²) in [4.78, 5) is 42.4. The Bertz CT molecular complexity index is 1360. The number of carbonyl (C=O) groups excluding carboxylic acids is 3. The third-order valence-electron chi connectivity index (χ3n) is 11.4. The van der Waals surface area contributed by atoms with E-state index in [2.05, 4.69) is 39.9 Å². The van der Waals surface area contributed by atoms with Gasteiger partial charge >= 0.3 is 17.9 Å². The van der Waals surface area contributed by atoms with E-state index in [9.17, 15) is 27.6 Å². The van der Waals surface area contributed by atoms with Crippen molar-refractivity contribution in [2.75, 3.05) is 6.61 Å². The number of hydrogen-bond donors (Lipinski definition) is 2. The molecule has 4 saturated carbocycles. The molecule has 0 bridgehead atoms. The van der Waals surface area contributed by atoms with Gasteiger partial charge < -0.3 is 10.2 Å². The molecule has 1 aromatic carbocycles. The van der Waals surface area contributed by atoms with Crippen molar-refractivity contribution in [1.29, 1.82) is 0 Å². The normalized spacial score (nSPS) is 35.0. The first-order chi connectivity index (χ1) is 20.4. The molecule has 1 heterocycles. The van der Waals surface area contributed by atoms with Crippen LogP contribution >= 0.6 is 0 Å². The number of oxime groups is 1. The predicted octanol–water partition coefficient (Wildman–Crippen LogP) is 6.18. The van der Waals surface area contributed by atoms with Crippen molar-refractivity contribution in [3.8, 4) is 0 Å². The number of nitrogens with one attached hydrogen (secondary N) is 2. The average molecular weight is 602 g/mol. The standard InChI is InChI=1S/C31H38F3N5O4/c1-28-13-11-21(15-20(28)7-8-22-23-9-10-25(40)29(23,2)14-12-24(22)28)37-43-17-26(41)36-27(42)35-16-18-3-5-19(6-4-18)30(38-39-30)31(32,33)34/h3-6,20,22-24H,7-17H2,1-2H3,(H2,35,36,41,42)/b37-21+/t20-,22-,23-,24-,28-,29-/m0/s1.